The monoisotopic (exact) mass is 359 g/mol. The molecule has 2 unspecified atom stereocenters. The summed E-state index contributed by atoms with van der Waals surface area (Å²) in [5.41, 5.74) is 0.665. The van der Waals surface area contributed by atoms with E-state index in [1.54, 1.807) is 19.2 Å². The molecule has 26 heavy (non-hydrogen) atoms. The number of ether oxygens (including phenoxy) is 3. The molecule has 0 spiro atoms. The predicted molar refractivity (Wildman–Crippen MR) is 99.2 cm³/mol. The third-order valence-corrected chi connectivity index (χ3v) is 5.28. The van der Waals surface area contributed by atoms with Crippen molar-refractivity contribution in [3.05, 3.63) is 29.8 Å². The van der Waals surface area contributed by atoms with Crippen LogP contribution in [0.15, 0.2) is 24.3 Å². The van der Waals surface area contributed by atoms with Crippen molar-refractivity contribution in [3.63, 3.8) is 0 Å². The van der Waals surface area contributed by atoms with E-state index in [1.165, 1.54) is 26.2 Å². The van der Waals surface area contributed by atoms with Crippen molar-refractivity contribution >= 4 is 0 Å². The molecule has 0 amide bonds. The molecule has 2 heterocycles. The number of likely N-dealkylation sites (tertiary alicyclic amines) is 2. The summed E-state index contributed by atoms with van der Waals surface area (Å²) >= 11 is 0. The summed E-state index contributed by atoms with van der Waals surface area (Å²) in [6.45, 7) is 9.55. The Labute approximate surface area is 156 Å². The zero-order chi connectivity index (χ0) is 18.2. The number of hydrogen-bond acceptors (Lipinski definition) is 6. The fourth-order valence-corrected chi connectivity index (χ4v) is 3.91. The van der Waals surface area contributed by atoms with E-state index < -0.39 is 0 Å². The van der Waals surface area contributed by atoms with Crippen molar-refractivity contribution in [3.8, 4) is 11.8 Å². The molecule has 2 saturated heterocycles. The van der Waals surface area contributed by atoms with Gasteiger partial charge in [-0.15, -0.1) is 0 Å². The number of nitriles is 1. The molecule has 0 bridgehead atoms. The number of methoxy groups -OCH3 is 1. The number of hydrogen-bond donors (Lipinski definition) is 0. The van der Waals surface area contributed by atoms with Crippen molar-refractivity contribution in [1.82, 2.24) is 9.80 Å². The van der Waals surface area contributed by atoms with Crippen LogP contribution in [0.1, 0.15) is 5.56 Å². The lowest BCUT2D eigenvalue weighted by Crippen LogP contribution is -2.33. The molecule has 0 radical (unpaired) electrons. The standard InChI is InChI=1S/C20H29N3O3/c1-24-10-11-25-8-6-22-13-18-15-23(16-19(18)14-22)7-9-26-20-4-2-17(12-21)3-5-20/h2-5,18-19H,6-11,13-16H2,1H3. The van der Waals surface area contributed by atoms with E-state index >= 15 is 0 Å². The first-order chi connectivity index (χ1) is 12.8. The van der Waals surface area contributed by atoms with Gasteiger partial charge in [-0.1, -0.05) is 0 Å². The Morgan fingerprint density at radius 3 is 2.12 bits per heavy atom. The van der Waals surface area contributed by atoms with Crippen molar-refractivity contribution in [2.24, 2.45) is 11.8 Å². The van der Waals surface area contributed by atoms with E-state index in [1.807, 2.05) is 12.1 Å². The average Bonchev–Trinajstić information content (AvgIpc) is 3.20. The lowest BCUT2D eigenvalue weighted by atomic mass is 10.0. The smallest absolute Gasteiger partial charge is 0.119 e. The quantitative estimate of drug-likeness (QED) is 0.590. The molecule has 2 fully saturated rings. The highest BCUT2D eigenvalue weighted by molar-refractivity contribution is 5.34. The minimum absolute atomic E-state index is 0.665. The van der Waals surface area contributed by atoms with Crippen LogP contribution in [0.3, 0.4) is 0 Å². The van der Waals surface area contributed by atoms with E-state index in [2.05, 4.69) is 15.9 Å². The first-order valence-electron chi connectivity index (χ1n) is 9.43. The SMILES string of the molecule is COCCOCCN1CC2CN(CCOc3ccc(C#N)cc3)CC2C1. The zero-order valence-corrected chi connectivity index (χ0v) is 15.6. The Kier molecular flexibility index (Phi) is 7.27. The van der Waals surface area contributed by atoms with Crippen LogP contribution in [0.2, 0.25) is 0 Å². The summed E-state index contributed by atoms with van der Waals surface area (Å²) in [6.07, 6.45) is 0. The number of fused-ring (bicyclic) bond motifs is 1. The molecular weight excluding hydrogens is 330 g/mol. The van der Waals surface area contributed by atoms with Crippen LogP contribution in [0.25, 0.3) is 0 Å². The topological polar surface area (TPSA) is 58.0 Å². The van der Waals surface area contributed by atoms with E-state index in [4.69, 9.17) is 19.5 Å². The Bertz CT molecular complexity index is 573. The molecule has 0 N–H and O–H groups in total. The van der Waals surface area contributed by atoms with Crippen LogP contribution in [0.4, 0.5) is 0 Å². The Hall–Kier alpha value is -1.65. The maximum absolute atomic E-state index is 8.81. The maximum Gasteiger partial charge on any atom is 0.119 e. The molecule has 6 heteroatoms. The highest BCUT2D eigenvalue weighted by Crippen LogP contribution is 2.30. The molecule has 1 aromatic carbocycles. The van der Waals surface area contributed by atoms with Gasteiger partial charge in [-0.2, -0.15) is 5.26 Å². The first-order valence-corrected chi connectivity index (χ1v) is 9.43. The Morgan fingerprint density at radius 2 is 1.54 bits per heavy atom. The molecule has 2 atom stereocenters. The highest BCUT2D eigenvalue weighted by atomic mass is 16.5. The summed E-state index contributed by atoms with van der Waals surface area (Å²) < 4.78 is 16.4. The first kappa shape index (κ1) is 19.1. The van der Waals surface area contributed by atoms with Crippen LogP contribution in [-0.2, 0) is 9.47 Å². The third kappa shape index (κ3) is 5.42. The molecule has 0 saturated carbocycles. The second-order valence-electron chi connectivity index (χ2n) is 7.13. The van der Waals surface area contributed by atoms with Crippen molar-refractivity contribution in [1.29, 1.82) is 5.26 Å². The normalized spacial score (nSPS) is 23.1. The zero-order valence-electron chi connectivity index (χ0n) is 15.6. The number of benzene rings is 1. The molecule has 6 nitrogen and oxygen atoms in total. The minimum Gasteiger partial charge on any atom is -0.492 e. The van der Waals surface area contributed by atoms with Gasteiger partial charge in [0.1, 0.15) is 12.4 Å². The van der Waals surface area contributed by atoms with Gasteiger partial charge in [0.2, 0.25) is 0 Å². The van der Waals surface area contributed by atoms with Crippen LogP contribution < -0.4 is 4.74 Å². The molecule has 142 valence electrons. The van der Waals surface area contributed by atoms with E-state index in [-0.39, 0.29) is 0 Å². The molecular formula is C20H29N3O3. The minimum atomic E-state index is 0.665. The third-order valence-electron chi connectivity index (χ3n) is 5.28. The van der Waals surface area contributed by atoms with Crippen LogP contribution >= 0.6 is 0 Å². The van der Waals surface area contributed by atoms with Crippen LogP contribution in [-0.4, -0.2) is 82.6 Å². The Balaban J connectivity index is 1.29. The lowest BCUT2D eigenvalue weighted by molar-refractivity contribution is 0.0588. The summed E-state index contributed by atoms with van der Waals surface area (Å²) in [5.74, 6) is 2.40. The van der Waals surface area contributed by atoms with Crippen molar-refractivity contribution in [2.75, 3.05) is 72.8 Å². The molecule has 0 aliphatic carbocycles. The van der Waals surface area contributed by atoms with E-state index in [0.29, 0.717) is 25.4 Å². The molecule has 2 aliphatic rings. The second-order valence-corrected chi connectivity index (χ2v) is 7.13. The summed E-state index contributed by atoms with van der Waals surface area (Å²) in [5, 5.41) is 8.81. The molecule has 0 aromatic heterocycles. The highest BCUT2D eigenvalue weighted by Gasteiger charge is 2.39. The van der Waals surface area contributed by atoms with Gasteiger partial charge in [-0.25, -0.2) is 0 Å². The van der Waals surface area contributed by atoms with Crippen molar-refractivity contribution in [2.45, 2.75) is 0 Å². The van der Waals surface area contributed by atoms with Crippen LogP contribution in [0.5, 0.6) is 5.75 Å². The maximum atomic E-state index is 8.81. The summed E-state index contributed by atoms with van der Waals surface area (Å²) in [6, 6.07) is 9.44. The van der Waals surface area contributed by atoms with Gasteiger partial charge in [0.15, 0.2) is 0 Å². The molecule has 3 rings (SSSR count). The van der Waals surface area contributed by atoms with Gasteiger partial charge in [0.25, 0.3) is 0 Å². The lowest BCUT2D eigenvalue weighted by Gasteiger charge is -2.21. The summed E-state index contributed by atoms with van der Waals surface area (Å²) in [7, 11) is 1.70. The summed E-state index contributed by atoms with van der Waals surface area (Å²) in [4.78, 5) is 5.05. The fourth-order valence-electron chi connectivity index (χ4n) is 3.91. The van der Waals surface area contributed by atoms with E-state index in [0.717, 1.165) is 37.3 Å². The van der Waals surface area contributed by atoms with Gasteiger partial charge in [-0.05, 0) is 36.1 Å². The average molecular weight is 359 g/mol. The van der Waals surface area contributed by atoms with Gasteiger partial charge >= 0.3 is 0 Å². The van der Waals surface area contributed by atoms with E-state index in [9.17, 15) is 0 Å². The fraction of sp³-hybridized carbons (Fsp3) is 0.650. The van der Waals surface area contributed by atoms with Gasteiger partial charge in [0, 0.05) is 46.4 Å². The van der Waals surface area contributed by atoms with Crippen LogP contribution in [0, 0.1) is 23.2 Å². The van der Waals surface area contributed by atoms with Gasteiger partial charge in [-0.3, -0.25) is 4.90 Å². The second kappa shape index (κ2) is 9.89. The van der Waals surface area contributed by atoms with Gasteiger partial charge in [0.05, 0.1) is 31.5 Å². The van der Waals surface area contributed by atoms with Crippen molar-refractivity contribution < 1.29 is 14.2 Å². The number of nitrogens with zero attached hydrogens (tertiary/aromatic N) is 3. The Morgan fingerprint density at radius 1 is 0.923 bits per heavy atom. The molecule has 2 aliphatic heterocycles. The number of rotatable bonds is 10. The van der Waals surface area contributed by atoms with Gasteiger partial charge < -0.3 is 19.1 Å². The molecule has 1 aromatic rings. The largest absolute Gasteiger partial charge is 0.492 e. The predicted octanol–water partition coefficient (Wildman–Crippen LogP) is 1.46.